The van der Waals surface area contributed by atoms with Gasteiger partial charge in [0.25, 0.3) is 5.91 Å². The first-order chi connectivity index (χ1) is 11.9. The molecular formula is C19H22N2O4. The highest BCUT2D eigenvalue weighted by Gasteiger charge is 2.23. The summed E-state index contributed by atoms with van der Waals surface area (Å²) in [5.41, 5.74) is 1.72. The minimum atomic E-state index is -0.465. The largest absolute Gasteiger partial charge is 0.465 e. The Labute approximate surface area is 147 Å². The van der Waals surface area contributed by atoms with Crippen LogP contribution in [-0.2, 0) is 23.1 Å². The van der Waals surface area contributed by atoms with Gasteiger partial charge in [-0.25, -0.2) is 0 Å². The summed E-state index contributed by atoms with van der Waals surface area (Å²) in [6.45, 7) is 3.55. The fourth-order valence-corrected chi connectivity index (χ4v) is 2.50. The maximum Gasteiger partial charge on any atom is 0.325 e. The number of aryl methyl sites for hydroxylation is 1. The molecule has 0 bridgehead atoms. The molecule has 0 N–H and O–H groups in total. The fraction of sp³-hybridized carbons (Fsp3) is 0.316. The molecule has 0 radical (unpaired) electrons. The molecule has 6 heteroatoms. The number of carbonyl (C=O) groups is 3. The molecule has 1 aromatic heterocycles. The third kappa shape index (κ3) is 4.79. The van der Waals surface area contributed by atoms with Gasteiger partial charge in [-0.05, 0) is 25.5 Å². The summed E-state index contributed by atoms with van der Waals surface area (Å²) in [6, 6.07) is 11.0. The van der Waals surface area contributed by atoms with Gasteiger partial charge in [0.15, 0.2) is 5.78 Å². The van der Waals surface area contributed by atoms with Crippen molar-refractivity contribution in [2.24, 2.45) is 7.05 Å². The lowest BCUT2D eigenvalue weighted by Crippen LogP contribution is -2.36. The normalized spacial score (nSPS) is 10.4. The van der Waals surface area contributed by atoms with Gasteiger partial charge in [0.1, 0.15) is 12.2 Å². The van der Waals surface area contributed by atoms with Crippen LogP contribution in [0.1, 0.15) is 40.3 Å². The van der Waals surface area contributed by atoms with E-state index < -0.39 is 5.97 Å². The molecule has 0 atom stereocenters. The highest BCUT2D eigenvalue weighted by Crippen LogP contribution is 2.14. The molecule has 0 saturated heterocycles. The molecule has 25 heavy (non-hydrogen) atoms. The van der Waals surface area contributed by atoms with E-state index in [9.17, 15) is 14.4 Å². The summed E-state index contributed by atoms with van der Waals surface area (Å²) in [5.74, 6) is -0.908. The van der Waals surface area contributed by atoms with Gasteiger partial charge < -0.3 is 14.2 Å². The average molecular weight is 342 g/mol. The van der Waals surface area contributed by atoms with Crippen molar-refractivity contribution in [3.63, 3.8) is 0 Å². The molecule has 0 unspecified atom stereocenters. The number of ether oxygens (including phenoxy) is 1. The number of ketones is 1. The minimum absolute atomic E-state index is 0.116. The Morgan fingerprint density at radius 1 is 1.16 bits per heavy atom. The summed E-state index contributed by atoms with van der Waals surface area (Å²) in [4.78, 5) is 37.8. The molecular weight excluding hydrogens is 320 g/mol. The maximum absolute atomic E-state index is 12.9. The molecule has 6 nitrogen and oxygen atoms in total. The number of Topliss-reactive ketones (excluding diaryl/α,β-unsaturated/α-hetero) is 1. The SMILES string of the molecule is CCOC(=O)CN(Cc1ccccc1)C(=O)c1cc(C(C)=O)cn1C. The molecule has 1 aromatic carbocycles. The number of hydrogen-bond acceptors (Lipinski definition) is 4. The average Bonchev–Trinajstić information content (AvgIpc) is 2.97. The summed E-state index contributed by atoms with van der Waals surface area (Å²) < 4.78 is 6.58. The third-order valence-electron chi connectivity index (χ3n) is 3.76. The molecule has 0 aliphatic rings. The number of aromatic nitrogens is 1. The number of carbonyl (C=O) groups excluding carboxylic acids is 3. The second kappa shape index (κ2) is 8.28. The summed E-state index contributed by atoms with van der Waals surface area (Å²) in [6.07, 6.45) is 1.61. The van der Waals surface area contributed by atoms with Crippen molar-refractivity contribution in [2.45, 2.75) is 20.4 Å². The summed E-state index contributed by atoms with van der Waals surface area (Å²) in [5, 5.41) is 0. The van der Waals surface area contributed by atoms with Crippen molar-refractivity contribution in [1.29, 1.82) is 0 Å². The van der Waals surface area contributed by atoms with Crippen LogP contribution in [0.2, 0.25) is 0 Å². The summed E-state index contributed by atoms with van der Waals surface area (Å²) in [7, 11) is 1.70. The van der Waals surface area contributed by atoms with Crippen LogP contribution in [-0.4, -0.2) is 40.3 Å². The van der Waals surface area contributed by atoms with Crippen molar-refractivity contribution in [3.05, 3.63) is 59.4 Å². The number of benzene rings is 1. The lowest BCUT2D eigenvalue weighted by atomic mass is 10.2. The van der Waals surface area contributed by atoms with E-state index in [0.29, 0.717) is 11.3 Å². The van der Waals surface area contributed by atoms with Gasteiger partial charge in [0.2, 0.25) is 0 Å². The Morgan fingerprint density at radius 3 is 2.40 bits per heavy atom. The quantitative estimate of drug-likeness (QED) is 0.572. The molecule has 1 amide bonds. The van der Waals surface area contributed by atoms with Gasteiger partial charge >= 0.3 is 5.97 Å². The van der Waals surface area contributed by atoms with Crippen LogP contribution in [0.3, 0.4) is 0 Å². The zero-order valence-electron chi connectivity index (χ0n) is 14.7. The van der Waals surface area contributed by atoms with E-state index in [1.807, 2.05) is 30.3 Å². The molecule has 0 spiro atoms. The lowest BCUT2D eigenvalue weighted by Gasteiger charge is -2.22. The maximum atomic E-state index is 12.9. The molecule has 1 heterocycles. The number of rotatable bonds is 7. The number of esters is 1. The van der Waals surface area contributed by atoms with E-state index >= 15 is 0 Å². The monoisotopic (exact) mass is 342 g/mol. The van der Waals surface area contributed by atoms with Crippen LogP contribution in [0.5, 0.6) is 0 Å². The van der Waals surface area contributed by atoms with Crippen molar-refractivity contribution < 1.29 is 19.1 Å². The molecule has 2 rings (SSSR count). The predicted octanol–water partition coefficient (Wildman–Crippen LogP) is 2.43. The second-order valence-electron chi connectivity index (χ2n) is 5.73. The molecule has 0 saturated carbocycles. The first-order valence-corrected chi connectivity index (χ1v) is 8.08. The number of amides is 1. The molecule has 2 aromatic rings. The third-order valence-corrected chi connectivity index (χ3v) is 3.76. The van der Waals surface area contributed by atoms with Gasteiger partial charge in [0, 0.05) is 25.4 Å². The standard InChI is InChI=1S/C19H22N2O4/c1-4-25-18(23)13-21(11-15-8-6-5-7-9-15)19(24)17-10-16(14(2)22)12-20(17)3/h5-10,12H,4,11,13H2,1-3H3. The molecule has 132 valence electrons. The van der Waals surface area contributed by atoms with Crippen LogP contribution >= 0.6 is 0 Å². The highest BCUT2D eigenvalue weighted by atomic mass is 16.5. The summed E-state index contributed by atoms with van der Waals surface area (Å²) >= 11 is 0. The molecule has 0 aliphatic heterocycles. The molecule has 0 aliphatic carbocycles. The number of nitrogens with zero attached hydrogens (tertiary/aromatic N) is 2. The zero-order valence-corrected chi connectivity index (χ0v) is 14.7. The Bertz CT molecular complexity index is 765. The Balaban J connectivity index is 2.28. The Morgan fingerprint density at radius 2 is 1.84 bits per heavy atom. The van der Waals surface area contributed by atoms with Gasteiger partial charge in [-0.15, -0.1) is 0 Å². The van der Waals surface area contributed by atoms with E-state index in [-0.39, 0.29) is 31.4 Å². The van der Waals surface area contributed by atoms with E-state index in [1.54, 1.807) is 30.8 Å². The number of hydrogen-bond donors (Lipinski definition) is 0. The van der Waals surface area contributed by atoms with Gasteiger partial charge in [-0.1, -0.05) is 30.3 Å². The zero-order chi connectivity index (χ0) is 18.4. The smallest absolute Gasteiger partial charge is 0.325 e. The van der Waals surface area contributed by atoms with Gasteiger partial charge in [0.05, 0.1) is 6.61 Å². The predicted molar refractivity (Wildman–Crippen MR) is 93.2 cm³/mol. The first kappa shape index (κ1) is 18.4. The van der Waals surface area contributed by atoms with Gasteiger partial charge in [-0.3, -0.25) is 14.4 Å². The van der Waals surface area contributed by atoms with Crippen molar-refractivity contribution in [1.82, 2.24) is 9.47 Å². The van der Waals surface area contributed by atoms with Gasteiger partial charge in [-0.2, -0.15) is 0 Å². The van der Waals surface area contributed by atoms with Crippen LogP contribution in [0.4, 0.5) is 0 Å². The van der Waals surface area contributed by atoms with Crippen LogP contribution in [0.15, 0.2) is 42.6 Å². The van der Waals surface area contributed by atoms with Crippen LogP contribution < -0.4 is 0 Å². The van der Waals surface area contributed by atoms with Crippen LogP contribution in [0.25, 0.3) is 0 Å². The molecule has 0 fully saturated rings. The van der Waals surface area contributed by atoms with Crippen molar-refractivity contribution in [2.75, 3.05) is 13.2 Å². The Kier molecular flexibility index (Phi) is 6.11. The first-order valence-electron chi connectivity index (χ1n) is 8.08. The van der Waals surface area contributed by atoms with Crippen molar-refractivity contribution in [3.8, 4) is 0 Å². The fourth-order valence-electron chi connectivity index (χ4n) is 2.50. The van der Waals surface area contributed by atoms with Crippen LogP contribution in [0, 0.1) is 0 Å². The lowest BCUT2D eigenvalue weighted by molar-refractivity contribution is -0.143. The van der Waals surface area contributed by atoms with E-state index in [0.717, 1.165) is 5.56 Å². The van der Waals surface area contributed by atoms with E-state index in [2.05, 4.69) is 0 Å². The van der Waals surface area contributed by atoms with Crippen molar-refractivity contribution >= 4 is 17.7 Å². The topological polar surface area (TPSA) is 68.6 Å². The highest BCUT2D eigenvalue weighted by molar-refractivity contribution is 6.00. The minimum Gasteiger partial charge on any atom is -0.465 e. The van der Waals surface area contributed by atoms with E-state index in [4.69, 9.17) is 4.74 Å². The Hall–Kier alpha value is -2.89. The van der Waals surface area contributed by atoms with E-state index in [1.165, 1.54) is 11.8 Å². The second-order valence-corrected chi connectivity index (χ2v) is 5.73.